The maximum absolute atomic E-state index is 12.7. The Hall–Kier alpha value is -1.30. The van der Waals surface area contributed by atoms with Crippen molar-refractivity contribution in [1.29, 1.82) is 0 Å². The molecule has 26 heavy (non-hydrogen) atoms. The molecule has 1 rings (SSSR count). The third-order valence-electron chi connectivity index (χ3n) is 5.42. The predicted molar refractivity (Wildman–Crippen MR) is 111 cm³/mol. The summed E-state index contributed by atoms with van der Waals surface area (Å²) in [7, 11) is 5.87. The minimum Gasteiger partial charge on any atom is -0.357 e. The largest absolute Gasteiger partial charge is 0.357 e. The van der Waals surface area contributed by atoms with E-state index in [-0.39, 0.29) is 11.3 Å². The Morgan fingerprint density at radius 3 is 2.31 bits per heavy atom. The van der Waals surface area contributed by atoms with Crippen LogP contribution in [0.1, 0.15) is 59.3 Å². The zero-order chi connectivity index (χ0) is 19.6. The first-order valence-corrected chi connectivity index (χ1v) is 10.3. The van der Waals surface area contributed by atoms with Gasteiger partial charge in [-0.15, -0.1) is 0 Å². The molecule has 152 valence electrons. The van der Waals surface area contributed by atoms with Gasteiger partial charge in [-0.3, -0.25) is 9.79 Å². The lowest BCUT2D eigenvalue weighted by molar-refractivity contribution is -0.138. The molecule has 0 aliphatic heterocycles. The quantitative estimate of drug-likeness (QED) is 0.353. The van der Waals surface area contributed by atoms with Crippen LogP contribution in [-0.4, -0.2) is 75.0 Å². The van der Waals surface area contributed by atoms with Crippen molar-refractivity contribution in [2.45, 2.75) is 65.3 Å². The summed E-state index contributed by atoms with van der Waals surface area (Å²) in [5.41, 5.74) is -0.300. The number of unbranched alkanes of at least 4 members (excludes halogenated alkanes) is 1. The second-order valence-electron chi connectivity index (χ2n) is 8.09. The van der Waals surface area contributed by atoms with Gasteiger partial charge in [0.05, 0.1) is 12.0 Å². The summed E-state index contributed by atoms with van der Waals surface area (Å²) in [6.45, 7) is 9.96. The van der Waals surface area contributed by atoms with Crippen LogP contribution in [0.5, 0.6) is 0 Å². The molecule has 0 spiro atoms. The molecule has 0 aromatic heterocycles. The van der Waals surface area contributed by atoms with Gasteiger partial charge >= 0.3 is 0 Å². The average molecular weight is 368 g/mol. The highest BCUT2D eigenvalue weighted by Gasteiger charge is 2.41. The second-order valence-corrected chi connectivity index (χ2v) is 8.09. The maximum atomic E-state index is 12.7. The first kappa shape index (κ1) is 22.7. The highest BCUT2D eigenvalue weighted by molar-refractivity contribution is 5.84. The van der Waals surface area contributed by atoms with Crippen LogP contribution >= 0.6 is 0 Å². The Bertz CT molecular complexity index is 441. The van der Waals surface area contributed by atoms with Crippen LogP contribution in [0.15, 0.2) is 4.99 Å². The fourth-order valence-electron chi connectivity index (χ4n) is 3.49. The summed E-state index contributed by atoms with van der Waals surface area (Å²) < 4.78 is 0. The monoisotopic (exact) mass is 367 g/mol. The number of hydrogen-bond acceptors (Lipinski definition) is 3. The van der Waals surface area contributed by atoms with Gasteiger partial charge in [0, 0.05) is 33.2 Å². The fraction of sp³-hybridized carbons (Fsp3) is 0.900. The van der Waals surface area contributed by atoms with Gasteiger partial charge in [0.2, 0.25) is 5.91 Å². The van der Waals surface area contributed by atoms with Crippen LogP contribution in [0.25, 0.3) is 0 Å². The molecule has 1 saturated carbocycles. The molecule has 1 fully saturated rings. The number of carbonyl (C=O) groups excluding carboxylic acids is 1. The predicted octanol–water partition coefficient (Wildman–Crippen LogP) is 2.31. The Morgan fingerprint density at radius 2 is 1.77 bits per heavy atom. The van der Waals surface area contributed by atoms with Gasteiger partial charge < -0.3 is 20.4 Å². The van der Waals surface area contributed by atoms with E-state index in [2.05, 4.69) is 43.4 Å². The molecule has 0 bridgehead atoms. The highest BCUT2D eigenvalue weighted by Crippen LogP contribution is 2.39. The van der Waals surface area contributed by atoms with E-state index in [0.717, 1.165) is 57.7 Å². The van der Waals surface area contributed by atoms with Crippen molar-refractivity contribution in [3.8, 4) is 0 Å². The summed E-state index contributed by atoms with van der Waals surface area (Å²) >= 11 is 0. The Kier molecular flexibility index (Phi) is 9.99. The lowest BCUT2D eigenvalue weighted by Gasteiger charge is -2.29. The summed E-state index contributed by atoms with van der Waals surface area (Å²) in [5, 5.41) is 6.74. The molecule has 0 heterocycles. The summed E-state index contributed by atoms with van der Waals surface area (Å²) in [5.74, 6) is 1.06. The zero-order valence-corrected chi connectivity index (χ0v) is 17.9. The van der Waals surface area contributed by atoms with Crippen molar-refractivity contribution in [3.05, 3.63) is 0 Å². The second kappa shape index (κ2) is 11.4. The molecule has 6 nitrogen and oxygen atoms in total. The molecule has 0 unspecified atom stereocenters. The zero-order valence-electron chi connectivity index (χ0n) is 17.9. The first-order chi connectivity index (χ1) is 12.3. The molecule has 0 atom stereocenters. The average Bonchev–Trinajstić information content (AvgIpc) is 3.08. The molecular formula is C20H41N5O. The van der Waals surface area contributed by atoms with Crippen LogP contribution < -0.4 is 10.6 Å². The van der Waals surface area contributed by atoms with Gasteiger partial charge in [-0.25, -0.2) is 0 Å². The molecule has 2 N–H and O–H groups in total. The molecule has 0 radical (unpaired) electrons. The number of rotatable bonds is 10. The fourth-order valence-corrected chi connectivity index (χ4v) is 3.49. The Balaban J connectivity index is 2.52. The first-order valence-electron chi connectivity index (χ1n) is 10.3. The normalized spacial score (nSPS) is 17.0. The molecule has 1 aliphatic rings. The number of amides is 1. The summed E-state index contributed by atoms with van der Waals surface area (Å²) in [6, 6.07) is 0.596. The number of hydrogen-bond donors (Lipinski definition) is 2. The smallest absolute Gasteiger partial charge is 0.230 e. The number of nitrogens with one attached hydrogen (secondary N) is 2. The van der Waals surface area contributed by atoms with E-state index in [9.17, 15) is 4.79 Å². The molecule has 0 aromatic carbocycles. The highest BCUT2D eigenvalue weighted by atomic mass is 16.2. The number of aliphatic imine (C=N–C) groups is 1. The van der Waals surface area contributed by atoms with Gasteiger partial charge in [0.25, 0.3) is 0 Å². The maximum Gasteiger partial charge on any atom is 0.230 e. The van der Waals surface area contributed by atoms with E-state index < -0.39 is 0 Å². The van der Waals surface area contributed by atoms with E-state index in [4.69, 9.17) is 4.99 Å². The van der Waals surface area contributed by atoms with Crippen molar-refractivity contribution in [2.24, 2.45) is 10.4 Å². The summed E-state index contributed by atoms with van der Waals surface area (Å²) in [4.78, 5) is 21.5. The third kappa shape index (κ3) is 7.14. The van der Waals surface area contributed by atoms with E-state index in [1.165, 1.54) is 6.42 Å². The third-order valence-corrected chi connectivity index (χ3v) is 5.42. The van der Waals surface area contributed by atoms with Gasteiger partial charge in [-0.05, 0) is 60.0 Å². The van der Waals surface area contributed by atoms with Crippen LogP contribution in [0, 0.1) is 5.41 Å². The number of guanidine groups is 1. The standard InChI is InChI=1S/C20H41N5O/c1-7-21-19(22-14-10-11-15-25(6)17(2)3)23-16-20(12-8-9-13-20)18(26)24(4)5/h17H,7-16H2,1-6H3,(H2,21,22,23). The minimum absolute atomic E-state index is 0.228. The van der Waals surface area contributed by atoms with Crippen LogP contribution in [0.4, 0.5) is 0 Å². The Labute approximate surface area is 160 Å². The van der Waals surface area contributed by atoms with Crippen molar-refractivity contribution in [3.63, 3.8) is 0 Å². The minimum atomic E-state index is -0.300. The van der Waals surface area contributed by atoms with E-state index >= 15 is 0 Å². The van der Waals surface area contributed by atoms with Crippen LogP contribution in [0.2, 0.25) is 0 Å². The summed E-state index contributed by atoms with van der Waals surface area (Å²) in [6.07, 6.45) is 6.45. The van der Waals surface area contributed by atoms with Gasteiger partial charge in [0.15, 0.2) is 5.96 Å². The van der Waals surface area contributed by atoms with Gasteiger partial charge in [-0.2, -0.15) is 0 Å². The molecule has 1 amide bonds. The molecule has 1 aliphatic carbocycles. The van der Waals surface area contributed by atoms with Crippen molar-refractivity contribution >= 4 is 11.9 Å². The van der Waals surface area contributed by atoms with Gasteiger partial charge in [0.1, 0.15) is 0 Å². The SMILES string of the molecule is CCNC(=NCC1(C(=O)N(C)C)CCCC1)NCCCCN(C)C(C)C. The molecule has 6 heteroatoms. The number of nitrogens with zero attached hydrogens (tertiary/aromatic N) is 3. The van der Waals surface area contributed by atoms with Crippen molar-refractivity contribution in [1.82, 2.24) is 20.4 Å². The van der Waals surface area contributed by atoms with E-state index in [1.54, 1.807) is 4.90 Å². The lowest BCUT2D eigenvalue weighted by Crippen LogP contribution is -2.43. The van der Waals surface area contributed by atoms with Crippen LogP contribution in [0.3, 0.4) is 0 Å². The van der Waals surface area contributed by atoms with Crippen LogP contribution in [-0.2, 0) is 4.79 Å². The number of carbonyl (C=O) groups is 1. The van der Waals surface area contributed by atoms with Gasteiger partial charge in [-0.1, -0.05) is 12.8 Å². The molecule has 0 aromatic rings. The van der Waals surface area contributed by atoms with Crippen molar-refractivity contribution < 1.29 is 4.79 Å². The topological polar surface area (TPSA) is 60.0 Å². The lowest BCUT2D eigenvalue weighted by atomic mass is 9.85. The molecule has 0 saturated heterocycles. The Morgan fingerprint density at radius 1 is 1.12 bits per heavy atom. The van der Waals surface area contributed by atoms with E-state index in [1.807, 2.05) is 14.1 Å². The van der Waals surface area contributed by atoms with Crippen molar-refractivity contribution in [2.75, 3.05) is 47.3 Å². The van der Waals surface area contributed by atoms with E-state index in [0.29, 0.717) is 12.6 Å². The molecular weight excluding hydrogens is 326 g/mol.